The quantitative estimate of drug-likeness (QED) is 0.782. The Balaban J connectivity index is 1.67. The second-order valence-electron chi connectivity index (χ2n) is 5.23. The smallest absolute Gasteiger partial charge is 0.251 e. The van der Waals surface area contributed by atoms with Gasteiger partial charge in [-0.1, -0.05) is 12.1 Å². The fourth-order valence-corrected chi connectivity index (χ4v) is 2.45. The largest absolute Gasteiger partial charge is 0.378 e. The van der Waals surface area contributed by atoms with E-state index in [-0.39, 0.29) is 5.91 Å². The molecule has 0 aliphatic carbocycles. The Kier molecular flexibility index (Phi) is 6.02. The monoisotopic (exact) mass is 276 g/mol. The summed E-state index contributed by atoms with van der Waals surface area (Å²) < 4.78 is 5.70. The first-order valence-corrected chi connectivity index (χ1v) is 7.43. The van der Waals surface area contributed by atoms with Crippen LogP contribution in [0.1, 0.15) is 41.6 Å². The predicted molar refractivity (Wildman–Crippen MR) is 79.7 cm³/mol. The van der Waals surface area contributed by atoms with Crippen LogP contribution in [0.5, 0.6) is 0 Å². The molecule has 0 aromatic heterocycles. The van der Waals surface area contributed by atoms with Crippen molar-refractivity contribution in [3.63, 3.8) is 0 Å². The molecule has 0 radical (unpaired) electrons. The summed E-state index contributed by atoms with van der Waals surface area (Å²) in [4.78, 5) is 11.4. The minimum absolute atomic E-state index is 0.0426. The van der Waals surface area contributed by atoms with Crippen LogP contribution in [0.25, 0.3) is 0 Å². The maximum Gasteiger partial charge on any atom is 0.251 e. The average Bonchev–Trinajstić information content (AvgIpc) is 2.52. The molecule has 1 atom stereocenters. The van der Waals surface area contributed by atoms with E-state index in [1.807, 2.05) is 24.3 Å². The van der Waals surface area contributed by atoms with E-state index < -0.39 is 0 Å². The zero-order valence-corrected chi connectivity index (χ0v) is 12.2. The van der Waals surface area contributed by atoms with Gasteiger partial charge in [-0.05, 0) is 49.9 Å². The second kappa shape index (κ2) is 8.02. The summed E-state index contributed by atoms with van der Waals surface area (Å²) in [6.45, 7) is 2.73. The lowest BCUT2D eigenvalue weighted by Gasteiger charge is -2.22. The third-order valence-corrected chi connectivity index (χ3v) is 3.69. The third kappa shape index (κ3) is 4.62. The van der Waals surface area contributed by atoms with Crippen LogP contribution in [0.4, 0.5) is 0 Å². The highest BCUT2D eigenvalue weighted by Crippen LogP contribution is 2.14. The lowest BCUT2D eigenvalue weighted by Crippen LogP contribution is -2.25. The van der Waals surface area contributed by atoms with Crippen molar-refractivity contribution in [3.8, 4) is 0 Å². The van der Waals surface area contributed by atoms with Gasteiger partial charge in [0, 0.05) is 25.8 Å². The van der Waals surface area contributed by atoms with E-state index >= 15 is 0 Å². The van der Waals surface area contributed by atoms with Gasteiger partial charge in [0.25, 0.3) is 5.91 Å². The lowest BCUT2D eigenvalue weighted by atomic mass is 10.1. The minimum Gasteiger partial charge on any atom is -0.378 e. The van der Waals surface area contributed by atoms with Crippen molar-refractivity contribution in [1.82, 2.24) is 10.6 Å². The molecule has 0 saturated carbocycles. The number of rotatable bonds is 6. The van der Waals surface area contributed by atoms with Crippen LogP contribution in [0.15, 0.2) is 24.3 Å². The summed E-state index contributed by atoms with van der Waals surface area (Å²) in [7, 11) is 1.64. The SMILES string of the molecule is CNC(=O)c1ccc(CNCCC2CCCCO2)cc1. The van der Waals surface area contributed by atoms with Crippen LogP contribution >= 0.6 is 0 Å². The second-order valence-corrected chi connectivity index (χ2v) is 5.23. The van der Waals surface area contributed by atoms with Crippen molar-refractivity contribution < 1.29 is 9.53 Å². The van der Waals surface area contributed by atoms with Crippen molar-refractivity contribution >= 4 is 5.91 Å². The highest BCUT2D eigenvalue weighted by atomic mass is 16.5. The van der Waals surface area contributed by atoms with Crippen molar-refractivity contribution in [3.05, 3.63) is 35.4 Å². The van der Waals surface area contributed by atoms with Crippen molar-refractivity contribution in [2.24, 2.45) is 0 Å². The lowest BCUT2D eigenvalue weighted by molar-refractivity contribution is 0.0115. The molecular weight excluding hydrogens is 252 g/mol. The Morgan fingerprint density at radius 1 is 1.30 bits per heavy atom. The van der Waals surface area contributed by atoms with Crippen molar-refractivity contribution in [1.29, 1.82) is 0 Å². The van der Waals surface area contributed by atoms with E-state index in [4.69, 9.17) is 4.74 Å². The molecule has 1 saturated heterocycles. The van der Waals surface area contributed by atoms with Crippen LogP contribution < -0.4 is 10.6 Å². The zero-order valence-electron chi connectivity index (χ0n) is 12.2. The van der Waals surface area contributed by atoms with E-state index in [1.165, 1.54) is 24.8 Å². The summed E-state index contributed by atoms with van der Waals surface area (Å²) in [5, 5.41) is 6.05. The zero-order chi connectivity index (χ0) is 14.2. The standard InChI is InChI=1S/C16H24N2O2/c1-17-16(19)14-7-5-13(6-8-14)12-18-10-9-15-4-2-3-11-20-15/h5-8,15,18H,2-4,9-12H2,1H3,(H,17,19). The Morgan fingerprint density at radius 2 is 2.10 bits per heavy atom. The maximum atomic E-state index is 11.4. The minimum atomic E-state index is -0.0426. The molecule has 1 fully saturated rings. The van der Waals surface area contributed by atoms with Gasteiger partial charge in [-0.25, -0.2) is 0 Å². The molecule has 1 aromatic rings. The van der Waals surface area contributed by atoms with Gasteiger partial charge < -0.3 is 15.4 Å². The molecule has 2 rings (SSSR count). The molecule has 4 nitrogen and oxygen atoms in total. The van der Waals surface area contributed by atoms with E-state index in [9.17, 15) is 4.79 Å². The molecule has 1 amide bonds. The van der Waals surface area contributed by atoms with Gasteiger partial charge >= 0.3 is 0 Å². The number of carbonyl (C=O) groups is 1. The fraction of sp³-hybridized carbons (Fsp3) is 0.562. The van der Waals surface area contributed by atoms with Gasteiger partial charge in [-0.3, -0.25) is 4.79 Å². The molecule has 2 N–H and O–H groups in total. The molecular formula is C16H24N2O2. The Morgan fingerprint density at radius 3 is 2.75 bits per heavy atom. The summed E-state index contributed by atoms with van der Waals surface area (Å²) >= 11 is 0. The molecule has 1 aliphatic rings. The van der Waals surface area contributed by atoms with Gasteiger partial charge in [0.2, 0.25) is 0 Å². The summed E-state index contributed by atoms with van der Waals surface area (Å²) in [5.74, 6) is -0.0426. The first-order chi connectivity index (χ1) is 9.79. The highest BCUT2D eigenvalue weighted by Gasteiger charge is 2.12. The highest BCUT2D eigenvalue weighted by molar-refractivity contribution is 5.93. The first kappa shape index (κ1) is 15.0. The van der Waals surface area contributed by atoms with Gasteiger partial charge in [-0.15, -0.1) is 0 Å². The van der Waals surface area contributed by atoms with Crippen LogP contribution in [-0.4, -0.2) is 32.2 Å². The number of carbonyl (C=O) groups excluding carboxylic acids is 1. The van der Waals surface area contributed by atoms with Crippen LogP contribution in [0, 0.1) is 0 Å². The molecule has 110 valence electrons. The van der Waals surface area contributed by atoms with Crippen molar-refractivity contribution in [2.75, 3.05) is 20.2 Å². The Bertz CT molecular complexity index is 411. The molecule has 1 aliphatic heterocycles. The number of hydrogen-bond acceptors (Lipinski definition) is 3. The number of benzene rings is 1. The van der Waals surface area contributed by atoms with Gasteiger partial charge in [-0.2, -0.15) is 0 Å². The van der Waals surface area contributed by atoms with E-state index in [2.05, 4.69) is 10.6 Å². The third-order valence-electron chi connectivity index (χ3n) is 3.69. The van der Waals surface area contributed by atoms with Crippen LogP contribution in [0.2, 0.25) is 0 Å². The van der Waals surface area contributed by atoms with E-state index in [0.29, 0.717) is 11.7 Å². The topological polar surface area (TPSA) is 50.4 Å². The molecule has 0 spiro atoms. The summed E-state index contributed by atoms with van der Waals surface area (Å²) in [6.07, 6.45) is 5.22. The van der Waals surface area contributed by atoms with Gasteiger partial charge in [0.05, 0.1) is 6.10 Å². The fourth-order valence-electron chi connectivity index (χ4n) is 2.45. The Labute approximate surface area is 120 Å². The molecule has 0 bridgehead atoms. The number of nitrogens with one attached hydrogen (secondary N) is 2. The number of amides is 1. The van der Waals surface area contributed by atoms with Crippen molar-refractivity contribution in [2.45, 2.75) is 38.3 Å². The van der Waals surface area contributed by atoms with E-state index in [1.54, 1.807) is 7.05 Å². The number of ether oxygens (including phenoxy) is 1. The van der Waals surface area contributed by atoms with Crippen LogP contribution in [-0.2, 0) is 11.3 Å². The van der Waals surface area contributed by atoms with E-state index in [0.717, 1.165) is 26.1 Å². The predicted octanol–water partition coefficient (Wildman–Crippen LogP) is 2.09. The maximum absolute atomic E-state index is 11.4. The molecule has 20 heavy (non-hydrogen) atoms. The molecule has 1 aromatic carbocycles. The first-order valence-electron chi connectivity index (χ1n) is 7.43. The summed E-state index contributed by atoms with van der Waals surface area (Å²) in [5.41, 5.74) is 1.90. The van der Waals surface area contributed by atoms with Gasteiger partial charge in [0.15, 0.2) is 0 Å². The Hall–Kier alpha value is -1.39. The molecule has 1 heterocycles. The molecule has 1 unspecified atom stereocenters. The molecule has 4 heteroatoms. The average molecular weight is 276 g/mol. The van der Waals surface area contributed by atoms with Gasteiger partial charge in [0.1, 0.15) is 0 Å². The normalized spacial score (nSPS) is 18.8. The van der Waals surface area contributed by atoms with Crippen LogP contribution in [0.3, 0.4) is 0 Å². The number of hydrogen-bond donors (Lipinski definition) is 2. The summed E-state index contributed by atoms with van der Waals surface area (Å²) in [6, 6.07) is 7.71.